The summed E-state index contributed by atoms with van der Waals surface area (Å²) in [7, 11) is 0. The molecule has 1 aliphatic heterocycles. The van der Waals surface area contributed by atoms with E-state index < -0.39 is 0 Å². The lowest BCUT2D eigenvalue weighted by atomic mass is 9.97. The van der Waals surface area contributed by atoms with Crippen LogP contribution in [-0.4, -0.2) is 38.9 Å². The van der Waals surface area contributed by atoms with E-state index in [1.165, 1.54) is 0 Å². The van der Waals surface area contributed by atoms with Crippen LogP contribution in [-0.2, 0) is 4.79 Å². The molecule has 0 saturated carbocycles. The van der Waals surface area contributed by atoms with Crippen LogP contribution in [0.15, 0.2) is 42.7 Å². The maximum atomic E-state index is 12.8. The Hall–Kier alpha value is -2.96. The minimum absolute atomic E-state index is 0.0542. The van der Waals surface area contributed by atoms with Gasteiger partial charge in [-0.05, 0) is 38.0 Å². The van der Waals surface area contributed by atoms with E-state index in [0.29, 0.717) is 12.5 Å². The number of nitrogens with zero attached hydrogens (tertiary/aromatic N) is 4. The number of nitrogens with one attached hydrogen (secondary N) is 2. The first-order valence-corrected chi connectivity index (χ1v) is 8.97. The Morgan fingerprint density at radius 1 is 1.27 bits per heavy atom. The molecule has 7 heteroatoms. The second-order valence-electron chi connectivity index (χ2n) is 6.70. The minimum Gasteiger partial charge on any atom is -0.346 e. The molecule has 0 radical (unpaired) electrons. The van der Waals surface area contributed by atoms with Crippen LogP contribution in [0.2, 0.25) is 0 Å². The highest BCUT2D eigenvalue weighted by atomic mass is 16.2. The molecule has 0 unspecified atom stereocenters. The normalized spacial score (nSPS) is 18.7. The highest BCUT2D eigenvalue weighted by molar-refractivity contribution is 5.80. The number of H-pyrrole nitrogens is 1. The van der Waals surface area contributed by atoms with Gasteiger partial charge in [0, 0.05) is 25.5 Å². The molecule has 1 aliphatic rings. The van der Waals surface area contributed by atoms with E-state index in [1.54, 1.807) is 18.5 Å². The summed E-state index contributed by atoms with van der Waals surface area (Å²) >= 11 is 0. The fraction of sp³-hybridized carbons (Fsp3) is 0.368. The van der Waals surface area contributed by atoms with Crippen LogP contribution < -0.4 is 10.2 Å². The first-order chi connectivity index (χ1) is 12.7. The van der Waals surface area contributed by atoms with E-state index in [4.69, 9.17) is 0 Å². The second-order valence-corrected chi connectivity index (χ2v) is 6.70. The number of benzene rings is 1. The highest BCUT2D eigenvalue weighted by Gasteiger charge is 2.28. The highest BCUT2D eigenvalue weighted by Crippen LogP contribution is 2.22. The van der Waals surface area contributed by atoms with Crippen LogP contribution in [0.5, 0.6) is 0 Å². The van der Waals surface area contributed by atoms with Gasteiger partial charge in [0.25, 0.3) is 0 Å². The summed E-state index contributed by atoms with van der Waals surface area (Å²) in [6.07, 6.45) is 5.29. The van der Waals surface area contributed by atoms with Crippen molar-refractivity contribution >= 4 is 22.9 Å². The number of rotatable bonds is 4. The molecule has 3 heterocycles. The van der Waals surface area contributed by atoms with Crippen LogP contribution >= 0.6 is 0 Å². The third kappa shape index (κ3) is 3.37. The number of para-hydroxylation sites is 2. The molecule has 1 saturated heterocycles. The predicted octanol–water partition coefficient (Wildman–Crippen LogP) is 2.45. The molecule has 0 bridgehead atoms. The van der Waals surface area contributed by atoms with Crippen molar-refractivity contribution in [3.8, 4) is 0 Å². The molecule has 0 aliphatic carbocycles. The summed E-state index contributed by atoms with van der Waals surface area (Å²) < 4.78 is 0. The molecule has 2 N–H and O–H groups in total. The number of anilines is 1. The minimum atomic E-state index is -0.168. The lowest BCUT2D eigenvalue weighted by Gasteiger charge is -2.32. The van der Waals surface area contributed by atoms with Crippen molar-refractivity contribution < 1.29 is 4.79 Å². The summed E-state index contributed by atoms with van der Waals surface area (Å²) in [6.45, 7) is 3.48. The number of hydrogen-bond acceptors (Lipinski definition) is 5. The fourth-order valence-corrected chi connectivity index (χ4v) is 3.40. The predicted molar refractivity (Wildman–Crippen MR) is 99.6 cm³/mol. The number of carbonyl (C=O) groups is 1. The van der Waals surface area contributed by atoms with Crippen LogP contribution in [0.4, 0.5) is 5.95 Å². The van der Waals surface area contributed by atoms with Crippen molar-refractivity contribution in [3.63, 3.8) is 0 Å². The Kier molecular flexibility index (Phi) is 4.51. The number of piperidine rings is 1. The van der Waals surface area contributed by atoms with Gasteiger partial charge in [0.2, 0.25) is 11.9 Å². The van der Waals surface area contributed by atoms with Crippen molar-refractivity contribution in [2.24, 2.45) is 5.92 Å². The van der Waals surface area contributed by atoms with Crippen molar-refractivity contribution in [2.45, 2.75) is 25.8 Å². The lowest BCUT2D eigenvalue weighted by Crippen LogP contribution is -2.44. The summed E-state index contributed by atoms with van der Waals surface area (Å²) in [5, 5.41) is 3.10. The van der Waals surface area contributed by atoms with E-state index in [1.807, 2.05) is 31.2 Å². The third-order valence-electron chi connectivity index (χ3n) is 4.80. The Balaban J connectivity index is 1.42. The van der Waals surface area contributed by atoms with Crippen molar-refractivity contribution in [1.29, 1.82) is 0 Å². The number of imidazole rings is 1. The van der Waals surface area contributed by atoms with Crippen LogP contribution in [0.25, 0.3) is 11.0 Å². The fourth-order valence-electron chi connectivity index (χ4n) is 3.40. The topological polar surface area (TPSA) is 86.8 Å². The zero-order chi connectivity index (χ0) is 17.9. The van der Waals surface area contributed by atoms with E-state index in [2.05, 4.69) is 30.2 Å². The first-order valence-electron chi connectivity index (χ1n) is 8.97. The molecule has 0 spiro atoms. The Morgan fingerprint density at radius 2 is 2.08 bits per heavy atom. The number of amides is 1. The van der Waals surface area contributed by atoms with E-state index in [9.17, 15) is 4.79 Å². The summed E-state index contributed by atoms with van der Waals surface area (Å²) in [4.78, 5) is 31.3. The number of fused-ring (bicyclic) bond motifs is 1. The molecular formula is C19H22N6O. The van der Waals surface area contributed by atoms with Gasteiger partial charge in [0.1, 0.15) is 5.82 Å². The molecule has 1 amide bonds. The SMILES string of the molecule is C[C@H](NC(=O)[C@H]1CCCN(c2ncccn2)C1)c1nc2ccccc2[nH]1. The zero-order valence-corrected chi connectivity index (χ0v) is 14.7. The number of aromatic nitrogens is 4. The van der Waals surface area contributed by atoms with Crippen LogP contribution in [0.3, 0.4) is 0 Å². The van der Waals surface area contributed by atoms with Gasteiger partial charge in [-0.3, -0.25) is 4.79 Å². The third-order valence-corrected chi connectivity index (χ3v) is 4.80. The van der Waals surface area contributed by atoms with E-state index in [-0.39, 0.29) is 17.9 Å². The van der Waals surface area contributed by atoms with Gasteiger partial charge in [-0.15, -0.1) is 0 Å². The summed E-state index contributed by atoms with van der Waals surface area (Å²) in [6, 6.07) is 9.50. The average molecular weight is 350 g/mol. The number of carbonyl (C=O) groups excluding carboxylic acids is 1. The zero-order valence-electron chi connectivity index (χ0n) is 14.7. The van der Waals surface area contributed by atoms with Crippen molar-refractivity contribution in [3.05, 3.63) is 48.5 Å². The van der Waals surface area contributed by atoms with Gasteiger partial charge >= 0.3 is 0 Å². The van der Waals surface area contributed by atoms with Crippen molar-refractivity contribution in [2.75, 3.05) is 18.0 Å². The summed E-state index contributed by atoms with van der Waals surface area (Å²) in [5.41, 5.74) is 1.89. The molecule has 2 atom stereocenters. The van der Waals surface area contributed by atoms with Gasteiger partial charge in [-0.1, -0.05) is 12.1 Å². The van der Waals surface area contributed by atoms with E-state index >= 15 is 0 Å². The van der Waals surface area contributed by atoms with Crippen molar-refractivity contribution in [1.82, 2.24) is 25.3 Å². The number of hydrogen-bond donors (Lipinski definition) is 2. The van der Waals surface area contributed by atoms with Gasteiger partial charge in [-0.2, -0.15) is 0 Å². The molecule has 1 aromatic carbocycles. The molecule has 7 nitrogen and oxygen atoms in total. The largest absolute Gasteiger partial charge is 0.346 e. The molecule has 4 rings (SSSR count). The number of aromatic amines is 1. The lowest BCUT2D eigenvalue weighted by molar-refractivity contribution is -0.126. The Labute approximate surface area is 151 Å². The van der Waals surface area contributed by atoms with Gasteiger partial charge in [0.15, 0.2) is 0 Å². The van der Waals surface area contributed by atoms with Crippen LogP contribution in [0, 0.1) is 5.92 Å². The second kappa shape index (κ2) is 7.11. The summed E-state index contributed by atoms with van der Waals surface area (Å²) in [5.74, 6) is 1.45. The maximum absolute atomic E-state index is 12.8. The molecule has 26 heavy (non-hydrogen) atoms. The molecule has 2 aromatic heterocycles. The first kappa shape index (κ1) is 16.5. The maximum Gasteiger partial charge on any atom is 0.225 e. The van der Waals surface area contributed by atoms with Gasteiger partial charge < -0.3 is 15.2 Å². The van der Waals surface area contributed by atoms with Crippen LogP contribution in [0.1, 0.15) is 31.6 Å². The van der Waals surface area contributed by atoms with Gasteiger partial charge in [0.05, 0.1) is 23.0 Å². The monoisotopic (exact) mass is 350 g/mol. The standard InChI is InChI=1S/C19H22N6O/c1-13(17-23-15-7-2-3-8-16(15)24-17)22-18(26)14-6-4-11-25(12-14)19-20-9-5-10-21-19/h2-3,5,7-10,13-14H,4,6,11-12H2,1H3,(H,22,26)(H,23,24)/t13-,14-/m0/s1. The molecular weight excluding hydrogens is 328 g/mol. The van der Waals surface area contributed by atoms with E-state index in [0.717, 1.165) is 36.2 Å². The Morgan fingerprint density at radius 3 is 2.88 bits per heavy atom. The molecule has 1 fully saturated rings. The molecule has 3 aromatic rings. The quantitative estimate of drug-likeness (QED) is 0.755. The average Bonchev–Trinajstić information content (AvgIpc) is 3.13. The molecule has 134 valence electrons. The van der Waals surface area contributed by atoms with Gasteiger partial charge in [-0.25, -0.2) is 15.0 Å². The smallest absolute Gasteiger partial charge is 0.225 e. The Bertz CT molecular complexity index is 860.